The van der Waals surface area contributed by atoms with E-state index in [2.05, 4.69) is 6.92 Å². The van der Waals surface area contributed by atoms with Crippen LogP contribution in [-0.2, 0) is 29.0 Å². The highest BCUT2D eigenvalue weighted by molar-refractivity contribution is 7.89. The number of hydrogen-bond donors (Lipinski definition) is 0. The van der Waals surface area contributed by atoms with Crippen molar-refractivity contribution in [1.29, 1.82) is 0 Å². The number of alkyl halides is 1. The van der Waals surface area contributed by atoms with Gasteiger partial charge >= 0.3 is 0 Å². The Morgan fingerprint density at radius 3 is 2.76 bits per heavy atom. The molecule has 0 aliphatic carbocycles. The first kappa shape index (κ1) is 16.5. The third-order valence-electron chi connectivity index (χ3n) is 3.26. The summed E-state index contributed by atoms with van der Waals surface area (Å²) in [5.41, 5.74) is 1.83. The Balaban J connectivity index is 2.26. The summed E-state index contributed by atoms with van der Waals surface area (Å²) in [6.07, 6.45) is 2.61. The Morgan fingerprint density at radius 2 is 2.19 bits per heavy atom. The first-order chi connectivity index (χ1) is 9.98. The molecule has 0 aliphatic rings. The van der Waals surface area contributed by atoms with Gasteiger partial charge in [0.05, 0.1) is 5.88 Å². The lowest BCUT2D eigenvalue weighted by Crippen LogP contribution is -2.26. The Kier molecular flexibility index (Phi) is 5.48. The van der Waals surface area contributed by atoms with Crippen molar-refractivity contribution in [3.8, 4) is 0 Å². The lowest BCUT2D eigenvalue weighted by molar-refractivity contribution is 0.467. The third kappa shape index (κ3) is 3.69. The highest BCUT2D eigenvalue weighted by Gasteiger charge is 2.23. The first-order valence-electron chi connectivity index (χ1n) is 6.71. The molecule has 116 valence electrons. The minimum atomic E-state index is -3.49. The number of halogens is 1. The molecule has 4 nitrogen and oxygen atoms in total. The number of nitrogens with zero attached hydrogens (tertiary/aromatic N) is 2. The summed E-state index contributed by atoms with van der Waals surface area (Å²) in [6, 6.07) is 3.60. The number of rotatable bonds is 7. The molecule has 0 radical (unpaired) electrons. The number of aromatic nitrogens is 1. The zero-order chi connectivity index (χ0) is 15.5. The van der Waals surface area contributed by atoms with E-state index in [4.69, 9.17) is 11.6 Å². The molecule has 2 heterocycles. The van der Waals surface area contributed by atoms with Gasteiger partial charge in [-0.05, 0) is 34.9 Å². The molecule has 0 saturated carbocycles. The van der Waals surface area contributed by atoms with E-state index in [1.54, 1.807) is 30.6 Å². The van der Waals surface area contributed by atoms with Crippen LogP contribution >= 0.6 is 22.9 Å². The molecule has 0 bridgehead atoms. The van der Waals surface area contributed by atoms with Crippen LogP contribution in [0.2, 0.25) is 0 Å². The Labute approximate surface area is 135 Å². The molecule has 0 spiro atoms. The van der Waals surface area contributed by atoms with Crippen molar-refractivity contribution in [3.63, 3.8) is 0 Å². The maximum absolute atomic E-state index is 12.6. The van der Waals surface area contributed by atoms with E-state index < -0.39 is 10.0 Å². The first-order valence-corrected chi connectivity index (χ1v) is 9.63. The van der Waals surface area contributed by atoms with Crippen LogP contribution in [0.15, 0.2) is 34.0 Å². The quantitative estimate of drug-likeness (QED) is 0.720. The van der Waals surface area contributed by atoms with Gasteiger partial charge in [-0.25, -0.2) is 8.42 Å². The van der Waals surface area contributed by atoms with Crippen LogP contribution in [0.1, 0.15) is 24.6 Å². The maximum Gasteiger partial charge on any atom is 0.244 e. The van der Waals surface area contributed by atoms with Crippen molar-refractivity contribution in [3.05, 3.63) is 40.3 Å². The second-order valence-corrected chi connectivity index (χ2v) is 7.98. The molecule has 0 fully saturated rings. The summed E-state index contributed by atoms with van der Waals surface area (Å²) in [5, 5.41) is 3.90. The number of thiophene rings is 1. The largest absolute Gasteiger partial charge is 0.349 e. The summed E-state index contributed by atoms with van der Waals surface area (Å²) >= 11 is 7.46. The summed E-state index contributed by atoms with van der Waals surface area (Å²) in [5.74, 6) is 0.309. The van der Waals surface area contributed by atoms with Gasteiger partial charge in [0.1, 0.15) is 4.90 Å². The van der Waals surface area contributed by atoms with Gasteiger partial charge in [0.25, 0.3) is 0 Å². The van der Waals surface area contributed by atoms with Gasteiger partial charge in [0.15, 0.2) is 0 Å². The van der Waals surface area contributed by atoms with Crippen molar-refractivity contribution in [1.82, 2.24) is 8.87 Å². The summed E-state index contributed by atoms with van der Waals surface area (Å²) in [7, 11) is -1.88. The molecule has 0 aliphatic heterocycles. The Hall–Kier alpha value is -0.820. The number of hydrogen-bond acceptors (Lipinski definition) is 3. The van der Waals surface area contributed by atoms with E-state index in [-0.39, 0.29) is 0 Å². The zero-order valence-electron chi connectivity index (χ0n) is 12.1. The molecule has 21 heavy (non-hydrogen) atoms. The van der Waals surface area contributed by atoms with Gasteiger partial charge < -0.3 is 4.57 Å². The lowest BCUT2D eigenvalue weighted by atomic mass is 10.3. The van der Waals surface area contributed by atoms with E-state index in [1.807, 2.05) is 21.4 Å². The van der Waals surface area contributed by atoms with Crippen LogP contribution in [0.25, 0.3) is 0 Å². The monoisotopic (exact) mass is 346 g/mol. The molecule has 0 amide bonds. The molecule has 2 rings (SSSR count). The molecule has 7 heteroatoms. The van der Waals surface area contributed by atoms with Gasteiger partial charge in [-0.2, -0.15) is 15.6 Å². The van der Waals surface area contributed by atoms with Gasteiger partial charge in [-0.1, -0.05) is 6.92 Å². The van der Waals surface area contributed by atoms with E-state index in [1.165, 1.54) is 4.31 Å². The Bertz CT molecular complexity index is 678. The van der Waals surface area contributed by atoms with Crippen molar-refractivity contribution in [2.24, 2.45) is 0 Å². The van der Waals surface area contributed by atoms with Gasteiger partial charge in [-0.3, -0.25) is 0 Å². The average Bonchev–Trinajstić information content (AvgIpc) is 3.08. The number of aryl methyl sites for hydroxylation is 1. The predicted octanol–water partition coefficient (Wildman–Crippen LogP) is 3.52. The highest BCUT2D eigenvalue weighted by atomic mass is 35.5. The van der Waals surface area contributed by atoms with Crippen LogP contribution < -0.4 is 0 Å². The van der Waals surface area contributed by atoms with Crippen LogP contribution in [0.5, 0.6) is 0 Å². The molecular weight excluding hydrogens is 328 g/mol. The predicted molar refractivity (Wildman–Crippen MR) is 87.3 cm³/mol. The third-order valence-corrected chi connectivity index (χ3v) is 6.03. The molecule has 0 aromatic carbocycles. The van der Waals surface area contributed by atoms with Crippen molar-refractivity contribution >= 4 is 33.0 Å². The van der Waals surface area contributed by atoms with Crippen LogP contribution in [0.4, 0.5) is 0 Å². The van der Waals surface area contributed by atoms with Crippen molar-refractivity contribution in [2.45, 2.75) is 37.2 Å². The van der Waals surface area contributed by atoms with Gasteiger partial charge in [0.2, 0.25) is 10.0 Å². The molecule has 0 N–H and O–H groups in total. The molecule has 2 aromatic heterocycles. The van der Waals surface area contributed by atoms with Gasteiger partial charge in [0, 0.05) is 32.0 Å². The van der Waals surface area contributed by atoms with E-state index in [9.17, 15) is 8.42 Å². The molecule has 2 aromatic rings. The second-order valence-electron chi connectivity index (χ2n) is 4.89. The number of sulfonamides is 1. The molecule has 0 atom stereocenters. The van der Waals surface area contributed by atoms with Crippen molar-refractivity contribution < 1.29 is 8.42 Å². The van der Waals surface area contributed by atoms with Crippen LogP contribution in [0, 0.1) is 0 Å². The maximum atomic E-state index is 12.6. The smallest absolute Gasteiger partial charge is 0.244 e. The molecule has 0 unspecified atom stereocenters. The van der Waals surface area contributed by atoms with Crippen LogP contribution in [0.3, 0.4) is 0 Å². The highest BCUT2D eigenvalue weighted by Crippen LogP contribution is 2.21. The fourth-order valence-electron chi connectivity index (χ4n) is 2.13. The topological polar surface area (TPSA) is 42.3 Å². The van der Waals surface area contributed by atoms with Crippen molar-refractivity contribution in [2.75, 3.05) is 7.05 Å². The standard InChI is InChI=1S/C14H19ClN2O2S2/c1-3-5-17-10-14(7-13(17)8-15)21(18,19)16(2)9-12-4-6-20-11-12/h4,6-7,10-11H,3,5,8-9H2,1-2H3. The second kappa shape index (κ2) is 6.96. The van der Waals surface area contributed by atoms with Gasteiger partial charge in [-0.15, -0.1) is 11.6 Å². The van der Waals surface area contributed by atoms with E-state index in [0.29, 0.717) is 17.3 Å². The summed E-state index contributed by atoms with van der Waals surface area (Å²) in [4.78, 5) is 0.310. The van der Waals surface area contributed by atoms with E-state index in [0.717, 1.165) is 24.2 Å². The normalized spacial score (nSPS) is 12.2. The fourth-order valence-corrected chi connectivity index (χ4v) is 4.25. The Morgan fingerprint density at radius 1 is 1.43 bits per heavy atom. The lowest BCUT2D eigenvalue weighted by Gasteiger charge is -2.15. The summed E-state index contributed by atoms with van der Waals surface area (Å²) in [6.45, 7) is 3.20. The average molecular weight is 347 g/mol. The molecular formula is C14H19ClN2O2S2. The van der Waals surface area contributed by atoms with Crippen LogP contribution in [-0.4, -0.2) is 24.3 Å². The minimum Gasteiger partial charge on any atom is -0.349 e. The molecule has 0 saturated heterocycles. The zero-order valence-corrected chi connectivity index (χ0v) is 14.5. The SMILES string of the molecule is CCCn1cc(S(=O)(=O)N(C)Cc2ccsc2)cc1CCl. The summed E-state index contributed by atoms with van der Waals surface area (Å²) < 4.78 is 28.5. The fraction of sp³-hybridized carbons (Fsp3) is 0.429. The minimum absolute atomic E-state index is 0.309. The van der Waals surface area contributed by atoms with E-state index >= 15 is 0 Å².